The van der Waals surface area contributed by atoms with Crippen LogP contribution in [0.4, 0.5) is 5.69 Å². The van der Waals surface area contributed by atoms with Crippen LogP contribution in [-0.2, 0) is 0 Å². The number of hydrogen-bond donors (Lipinski definition) is 2. The van der Waals surface area contributed by atoms with Gasteiger partial charge in [0.05, 0.1) is 11.3 Å². The third-order valence-electron chi connectivity index (χ3n) is 2.72. The third kappa shape index (κ3) is 2.95. The van der Waals surface area contributed by atoms with Crippen molar-refractivity contribution in [3.05, 3.63) is 58.4 Å². The first kappa shape index (κ1) is 14.0. The van der Waals surface area contributed by atoms with Gasteiger partial charge in [0.25, 0.3) is 11.8 Å². The van der Waals surface area contributed by atoms with Gasteiger partial charge in [-0.3, -0.25) is 14.6 Å². The number of anilines is 1. The molecule has 0 saturated heterocycles. The SMILES string of the molecule is Cc1cccc(NC(=O)c2cc(Cl)ccn2)c1C(N)=O. The summed E-state index contributed by atoms with van der Waals surface area (Å²) < 4.78 is 0. The van der Waals surface area contributed by atoms with Gasteiger partial charge in [-0.05, 0) is 30.7 Å². The van der Waals surface area contributed by atoms with Crippen LogP contribution in [0.1, 0.15) is 26.4 Å². The van der Waals surface area contributed by atoms with E-state index in [1.807, 2.05) is 0 Å². The van der Waals surface area contributed by atoms with Gasteiger partial charge in [0.2, 0.25) is 0 Å². The van der Waals surface area contributed by atoms with Gasteiger partial charge in [-0.2, -0.15) is 0 Å². The van der Waals surface area contributed by atoms with Gasteiger partial charge in [-0.15, -0.1) is 0 Å². The maximum absolute atomic E-state index is 12.1. The van der Waals surface area contributed by atoms with Crippen LogP contribution in [0.5, 0.6) is 0 Å². The Hall–Kier alpha value is -2.40. The summed E-state index contributed by atoms with van der Waals surface area (Å²) in [6, 6.07) is 8.09. The lowest BCUT2D eigenvalue weighted by Gasteiger charge is -2.10. The zero-order valence-corrected chi connectivity index (χ0v) is 11.4. The fourth-order valence-electron chi connectivity index (χ4n) is 1.81. The molecule has 20 heavy (non-hydrogen) atoms. The highest BCUT2D eigenvalue weighted by atomic mass is 35.5. The molecule has 1 heterocycles. The normalized spacial score (nSPS) is 10.1. The molecule has 2 aromatic rings. The highest BCUT2D eigenvalue weighted by molar-refractivity contribution is 6.31. The maximum atomic E-state index is 12.1. The molecule has 0 aliphatic rings. The number of hydrogen-bond acceptors (Lipinski definition) is 3. The number of amides is 2. The number of pyridine rings is 1. The van der Waals surface area contributed by atoms with Crippen LogP contribution in [0.25, 0.3) is 0 Å². The molecule has 0 radical (unpaired) electrons. The minimum absolute atomic E-state index is 0.162. The van der Waals surface area contributed by atoms with Crippen LogP contribution in [0, 0.1) is 6.92 Å². The molecule has 0 saturated carbocycles. The molecule has 2 rings (SSSR count). The molecule has 0 aliphatic carbocycles. The average Bonchev–Trinajstić information content (AvgIpc) is 2.38. The maximum Gasteiger partial charge on any atom is 0.274 e. The molecule has 6 heteroatoms. The molecular weight excluding hydrogens is 278 g/mol. The quantitative estimate of drug-likeness (QED) is 0.910. The lowest BCUT2D eigenvalue weighted by molar-refractivity contribution is 0.100. The first-order valence-electron chi connectivity index (χ1n) is 5.81. The monoisotopic (exact) mass is 289 g/mol. The van der Waals surface area contributed by atoms with Gasteiger partial charge in [-0.25, -0.2) is 0 Å². The summed E-state index contributed by atoms with van der Waals surface area (Å²) in [6.07, 6.45) is 1.43. The lowest BCUT2D eigenvalue weighted by atomic mass is 10.1. The van der Waals surface area contributed by atoms with Crippen LogP contribution in [0.15, 0.2) is 36.5 Å². The van der Waals surface area contributed by atoms with E-state index in [0.29, 0.717) is 16.3 Å². The topological polar surface area (TPSA) is 85.1 Å². The van der Waals surface area contributed by atoms with Crippen molar-refractivity contribution in [1.82, 2.24) is 4.98 Å². The molecular formula is C14H12ClN3O2. The van der Waals surface area contributed by atoms with E-state index in [2.05, 4.69) is 10.3 Å². The highest BCUT2D eigenvalue weighted by Gasteiger charge is 2.15. The molecule has 3 N–H and O–H groups in total. The second-order valence-corrected chi connectivity index (χ2v) is 4.61. The summed E-state index contributed by atoms with van der Waals surface area (Å²) in [7, 11) is 0. The number of nitrogens with one attached hydrogen (secondary N) is 1. The predicted molar refractivity (Wildman–Crippen MR) is 76.9 cm³/mol. The summed E-state index contributed by atoms with van der Waals surface area (Å²) >= 11 is 5.80. The minimum Gasteiger partial charge on any atom is -0.366 e. The van der Waals surface area contributed by atoms with Gasteiger partial charge in [-0.1, -0.05) is 23.7 Å². The van der Waals surface area contributed by atoms with E-state index in [-0.39, 0.29) is 11.3 Å². The summed E-state index contributed by atoms with van der Waals surface area (Å²) in [5.41, 5.74) is 6.81. The molecule has 0 bridgehead atoms. The number of nitrogens with zero attached hydrogens (tertiary/aromatic N) is 1. The van der Waals surface area contributed by atoms with Crippen molar-refractivity contribution >= 4 is 29.1 Å². The molecule has 1 aromatic heterocycles. The van der Waals surface area contributed by atoms with Crippen molar-refractivity contribution < 1.29 is 9.59 Å². The summed E-state index contributed by atoms with van der Waals surface area (Å²) in [6.45, 7) is 1.74. The fourth-order valence-corrected chi connectivity index (χ4v) is 1.97. The number of primary amides is 1. The van der Waals surface area contributed by atoms with Crippen molar-refractivity contribution in [3.8, 4) is 0 Å². The second-order valence-electron chi connectivity index (χ2n) is 4.18. The molecule has 5 nitrogen and oxygen atoms in total. The molecule has 102 valence electrons. The number of aryl methyl sites for hydroxylation is 1. The Balaban J connectivity index is 2.33. The number of aromatic nitrogens is 1. The third-order valence-corrected chi connectivity index (χ3v) is 2.96. The number of carbonyl (C=O) groups is 2. The Morgan fingerprint density at radius 1 is 1.30 bits per heavy atom. The standard InChI is InChI=1S/C14H12ClN3O2/c1-8-3-2-4-10(12(8)13(16)19)18-14(20)11-7-9(15)5-6-17-11/h2-7H,1H3,(H2,16,19)(H,18,20). The minimum atomic E-state index is -0.600. The molecule has 1 aromatic carbocycles. The average molecular weight is 290 g/mol. The van der Waals surface area contributed by atoms with E-state index < -0.39 is 11.8 Å². The van der Waals surface area contributed by atoms with E-state index in [0.717, 1.165) is 0 Å². The molecule has 2 amide bonds. The van der Waals surface area contributed by atoms with Crippen molar-refractivity contribution in [2.45, 2.75) is 6.92 Å². The molecule has 0 aliphatic heterocycles. The van der Waals surface area contributed by atoms with Crippen molar-refractivity contribution in [2.24, 2.45) is 5.73 Å². The Bertz CT molecular complexity index is 686. The van der Waals surface area contributed by atoms with Crippen LogP contribution in [0.3, 0.4) is 0 Å². The number of nitrogens with two attached hydrogens (primary N) is 1. The largest absolute Gasteiger partial charge is 0.366 e. The smallest absolute Gasteiger partial charge is 0.274 e. The predicted octanol–water partition coefficient (Wildman–Crippen LogP) is 2.39. The van der Waals surface area contributed by atoms with Crippen LogP contribution in [-0.4, -0.2) is 16.8 Å². The molecule has 0 spiro atoms. The zero-order valence-electron chi connectivity index (χ0n) is 10.7. The van der Waals surface area contributed by atoms with E-state index in [1.54, 1.807) is 31.2 Å². The van der Waals surface area contributed by atoms with Crippen molar-refractivity contribution in [3.63, 3.8) is 0 Å². The molecule has 0 unspecified atom stereocenters. The molecule has 0 atom stereocenters. The van der Waals surface area contributed by atoms with Gasteiger partial charge in [0, 0.05) is 11.2 Å². The van der Waals surface area contributed by atoms with Crippen molar-refractivity contribution in [2.75, 3.05) is 5.32 Å². The van der Waals surface area contributed by atoms with Gasteiger partial charge in [0.15, 0.2) is 0 Å². The van der Waals surface area contributed by atoms with Crippen LogP contribution in [0.2, 0.25) is 5.02 Å². The van der Waals surface area contributed by atoms with Gasteiger partial charge in [0.1, 0.15) is 5.69 Å². The molecule has 0 fully saturated rings. The Kier molecular flexibility index (Phi) is 4.00. The van der Waals surface area contributed by atoms with E-state index in [1.165, 1.54) is 12.3 Å². The Labute approximate surface area is 120 Å². The Morgan fingerprint density at radius 2 is 2.05 bits per heavy atom. The van der Waals surface area contributed by atoms with E-state index in [4.69, 9.17) is 17.3 Å². The van der Waals surface area contributed by atoms with Gasteiger partial charge >= 0.3 is 0 Å². The van der Waals surface area contributed by atoms with Crippen LogP contribution < -0.4 is 11.1 Å². The fraction of sp³-hybridized carbons (Fsp3) is 0.0714. The number of benzene rings is 1. The first-order chi connectivity index (χ1) is 9.49. The summed E-state index contributed by atoms with van der Waals surface area (Å²) in [4.78, 5) is 27.4. The number of halogens is 1. The second kappa shape index (κ2) is 5.71. The lowest BCUT2D eigenvalue weighted by Crippen LogP contribution is -2.20. The van der Waals surface area contributed by atoms with Gasteiger partial charge < -0.3 is 11.1 Å². The number of carbonyl (C=O) groups excluding carboxylic acids is 2. The van der Waals surface area contributed by atoms with E-state index >= 15 is 0 Å². The Morgan fingerprint density at radius 3 is 2.70 bits per heavy atom. The number of rotatable bonds is 3. The zero-order chi connectivity index (χ0) is 14.7. The summed E-state index contributed by atoms with van der Waals surface area (Å²) in [5, 5.41) is 3.02. The first-order valence-corrected chi connectivity index (χ1v) is 6.19. The van der Waals surface area contributed by atoms with Crippen molar-refractivity contribution in [1.29, 1.82) is 0 Å². The summed E-state index contributed by atoms with van der Waals surface area (Å²) in [5.74, 6) is -1.06. The highest BCUT2D eigenvalue weighted by Crippen LogP contribution is 2.20. The van der Waals surface area contributed by atoms with Crippen LogP contribution >= 0.6 is 11.6 Å². The van der Waals surface area contributed by atoms with E-state index in [9.17, 15) is 9.59 Å².